The van der Waals surface area contributed by atoms with Gasteiger partial charge >= 0.3 is 0 Å². The van der Waals surface area contributed by atoms with Gasteiger partial charge in [-0.05, 0) is 44.6 Å². The third kappa shape index (κ3) is 5.12. The Morgan fingerprint density at radius 3 is 2.95 bits per heavy atom. The molecule has 0 amide bonds. The quantitative estimate of drug-likeness (QED) is 0.323. The summed E-state index contributed by atoms with van der Waals surface area (Å²) in [5, 5.41) is 10.0. The number of terminal acetylenes is 1. The van der Waals surface area contributed by atoms with Gasteiger partial charge in [-0.1, -0.05) is 45.7 Å². The molecular weight excluding hydrogens is 300 g/mol. The molecule has 1 aliphatic rings. The summed E-state index contributed by atoms with van der Waals surface area (Å²) in [6.07, 6.45) is 13.6. The summed E-state index contributed by atoms with van der Waals surface area (Å²) < 4.78 is 0.718. The average Bonchev–Trinajstić information content (AvgIpc) is 2.28. The minimum absolute atomic E-state index is 0.327. The fourth-order valence-electron chi connectivity index (χ4n) is 2.56. The maximum Gasteiger partial charge on any atom is 0.0940 e. The lowest BCUT2D eigenvalue weighted by molar-refractivity contribution is 0.321. The van der Waals surface area contributed by atoms with E-state index >= 15 is 0 Å². The fraction of sp³-hybridized carbons (Fsp3) is 0.412. The van der Waals surface area contributed by atoms with Gasteiger partial charge < -0.3 is 5.11 Å². The first kappa shape index (κ1) is 15.9. The zero-order valence-corrected chi connectivity index (χ0v) is 13.2. The highest BCUT2D eigenvalue weighted by Gasteiger charge is 2.24. The number of allylic oxidation sites excluding steroid dienone is 7. The van der Waals surface area contributed by atoms with Gasteiger partial charge in [0.15, 0.2) is 0 Å². The van der Waals surface area contributed by atoms with Crippen molar-refractivity contribution < 1.29 is 5.11 Å². The van der Waals surface area contributed by atoms with Crippen molar-refractivity contribution in [3.8, 4) is 12.3 Å². The fourth-order valence-corrected chi connectivity index (χ4v) is 2.95. The molecule has 0 bridgehead atoms. The van der Waals surface area contributed by atoms with E-state index in [0.29, 0.717) is 24.0 Å². The maximum absolute atomic E-state index is 10.0. The van der Waals surface area contributed by atoms with E-state index in [4.69, 9.17) is 6.42 Å². The molecule has 0 aliphatic heterocycles. The number of hydrogen-bond donors (Lipinski definition) is 1. The second-order valence-electron chi connectivity index (χ2n) is 5.20. The molecule has 0 aromatic carbocycles. The molecule has 0 unspecified atom stereocenters. The normalized spacial score (nSPS) is 24.6. The Morgan fingerprint density at radius 2 is 2.37 bits per heavy atom. The van der Waals surface area contributed by atoms with Crippen molar-refractivity contribution in [1.29, 1.82) is 0 Å². The van der Waals surface area contributed by atoms with Crippen LogP contribution in [0.25, 0.3) is 0 Å². The van der Waals surface area contributed by atoms with E-state index in [1.54, 1.807) is 12.2 Å². The van der Waals surface area contributed by atoms with Crippen LogP contribution < -0.4 is 0 Å². The van der Waals surface area contributed by atoms with Crippen molar-refractivity contribution in [1.82, 2.24) is 0 Å². The molecule has 0 spiro atoms. The van der Waals surface area contributed by atoms with Gasteiger partial charge in [0.1, 0.15) is 0 Å². The predicted molar refractivity (Wildman–Crippen MR) is 86.0 cm³/mol. The molecule has 1 aliphatic carbocycles. The molecule has 2 heteroatoms. The Bertz CT molecular complexity index is 474. The van der Waals surface area contributed by atoms with Crippen LogP contribution in [0.5, 0.6) is 0 Å². The van der Waals surface area contributed by atoms with Gasteiger partial charge in [0.2, 0.25) is 0 Å². The topological polar surface area (TPSA) is 20.2 Å². The van der Waals surface area contributed by atoms with Crippen LogP contribution >= 0.6 is 15.9 Å². The zero-order chi connectivity index (χ0) is 14.4. The number of aliphatic hydroxyl groups excluding tert-OH is 1. The van der Waals surface area contributed by atoms with Crippen molar-refractivity contribution in [3.05, 3.63) is 46.2 Å². The van der Waals surface area contributed by atoms with Crippen LogP contribution in [0.3, 0.4) is 0 Å². The van der Waals surface area contributed by atoms with Crippen molar-refractivity contribution in [2.75, 3.05) is 0 Å². The van der Waals surface area contributed by atoms with Gasteiger partial charge in [0.05, 0.1) is 5.76 Å². The van der Waals surface area contributed by atoms with E-state index in [9.17, 15) is 5.11 Å². The number of hydrogen-bond acceptors (Lipinski definition) is 1. The van der Waals surface area contributed by atoms with E-state index in [1.165, 1.54) is 11.1 Å². The van der Waals surface area contributed by atoms with E-state index in [1.807, 2.05) is 0 Å². The van der Waals surface area contributed by atoms with E-state index in [-0.39, 0.29) is 0 Å². The van der Waals surface area contributed by atoms with Crippen molar-refractivity contribution >= 4 is 15.9 Å². The van der Waals surface area contributed by atoms with Gasteiger partial charge in [-0.25, -0.2) is 0 Å². The first-order valence-electron chi connectivity index (χ1n) is 6.48. The van der Waals surface area contributed by atoms with Crippen LogP contribution in [0.1, 0.15) is 33.1 Å². The summed E-state index contributed by atoms with van der Waals surface area (Å²) in [6, 6.07) is 0. The Hall–Kier alpha value is -1.20. The number of rotatable bonds is 4. The highest BCUT2D eigenvalue weighted by molar-refractivity contribution is 9.11. The molecule has 0 saturated carbocycles. The maximum atomic E-state index is 10.0. The summed E-state index contributed by atoms with van der Waals surface area (Å²) >= 11 is 3.31. The summed E-state index contributed by atoms with van der Waals surface area (Å²) in [7, 11) is 0. The largest absolute Gasteiger partial charge is 0.512 e. The summed E-state index contributed by atoms with van der Waals surface area (Å²) in [5.74, 6) is 3.55. The molecule has 1 nitrogen and oxygen atoms in total. The molecule has 2 atom stereocenters. The molecule has 0 radical (unpaired) electrons. The van der Waals surface area contributed by atoms with Gasteiger partial charge in [0, 0.05) is 17.0 Å². The zero-order valence-electron chi connectivity index (χ0n) is 11.6. The Kier molecular flexibility index (Phi) is 6.18. The third-order valence-electron chi connectivity index (χ3n) is 3.47. The van der Waals surface area contributed by atoms with Gasteiger partial charge in [-0.15, -0.1) is 6.42 Å². The minimum atomic E-state index is 0.327. The Labute approximate surface area is 124 Å². The Balaban J connectivity index is 2.83. The molecule has 0 aromatic heterocycles. The summed E-state index contributed by atoms with van der Waals surface area (Å²) in [6.45, 7) is 8.29. The second kappa shape index (κ2) is 7.40. The van der Waals surface area contributed by atoms with Crippen molar-refractivity contribution in [2.24, 2.45) is 11.8 Å². The molecule has 1 N–H and O–H groups in total. The molecular formula is C17H21BrO. The third-order valence-corrected chi connectivity index (χ3v) is 3.93. The number of aliphatic hydroxyl groups is 1. The highest BCUT2D eigenvalue weighted by Crippen LogP contribution is 2.36. The lowest BCUT2D eigenvalue weighted by Gasteiger charge is -2.30. The monoisotopic (exact) mass is 320 g/mol. The molecule has 102 valence electrons. The second-order valence-corrected chi connectivity index (χ2v) is 6.12. The molecule has 0 fully saturated rings. The number of halogens is 1. The van der Waals surface area contributed by atoms with Crippen LogP contribution in [-0.4, -0.2) is 5.11 Å². The lowest BCUT2D eigenvalue weighted by atomic mass is 9.76. The van der Waals surface area contributed by atoms with Crippen molar-refractivity contribution in [3.63, 3.8) is 0 Å². The predicted octanol–water partition coefficient (Wildman–Crippen LogP) is 5.28. The molecule has 19 heavy (non-hydrogen) atoms. The van der Waals surface area contributed by atoms with Gasteiger partial charge in [0.25, 0.3) is 0 Å². The van der Waals surface area contributed by atoms with Gasteiger partial charge in [-0.3, -0.25) is 0 Å². The average molecular weight is 321 g/mol. The van der Waals surface area contributed by atoms with Crippen LogP contribution in [0, 0.1) is 24.2 Å². The molecule has 0 heterocycles. The first-order valence-corrected chi connectivity index (χ1v) is 7.27. The van der Waals surface area contributed by atoms with Crippen LogP contribution in [-0.2, 0) is 0 Å². The van der Waals surface area contributed by atoms with E-state index < -0.39 is 0 Å². The SMILES string of the molecule is C#C/C=C(Br)\C=C(\O)C[C@@H]1C=C(C)CC[C@H]1C(=C)C. The highest BCUT2D eigenvalue weighted by atomic mass is 79.9. The van der Waals surface area contributed by atoms with Crippen LogP contribution in [0.2, 0.25) is 0 Å². The van der Waals surface area contributed by atoms with E-state index in [0.717, 1.165) is 17.3 Å². The summed E-state index contributed by atoms with van der Waals surface area (Å²) in [4.78, 5) is 0. The Morgan fingerprint density at radius 1 is 1.68 bits per heavy atom. The van der Waals surface area contributed by atoms with Crippen LogP contribution in [0.4, 0.5) is 0 Å². The van der Waals surface area contributed by atoms with Gasteiger partial charge in [-0.2, -0.15) is 0 Å². The van der Waals surface area contributed by atoms with E-state index in [2.05, 4.69) is 48.4 Å². The molecule has 0 aromatic rings. The standard InChI is InChI=1S/C17H21BrO/c1-5-6-15(18)11-16(19)10-14-9-13(4)7-8-17(14)12(2)3/h1,6,9,11,14,17,19H,2,7-8,10H2,3-4H3/b15-6+,16-11+/t14-,17-/m0/s1. The minimum Gasteiger partial charge on any atom is -0.512 e. The van der Waals surface area contributed by atoms with Crippen molar-refractivity contribution in [2.45, 2.75) is 33.1 Å². The lowest BCUT2D eigenvalue weighted by Crippen LogP contribution is -2.19. The van der Waals surface area contributed by atoms with Crippen LogP contribution in [0.15, 0.2) is 46.2 Å². The molecule has 1 rings (SSSR count). The first-order chi connectivity index (χ1) is 8.93. The smallest absolute Gasteiger partial charge is 0.0940 e. The molecule has 0 saturated heterocycles. The summed E-state index contributed by atoms with van der Waals surface area (Å²) in [5.41, 5.74) is 2.59.